The minimum atomic E-state index is -1.19. The standard InChI is InChI=1S/C17H19BrO5/c1-11(2)15(20)22-10-17(9-19)8-13(16(21)23-17)7-12-3-5-14(18)6-4-12/h3-7,11,19H,8-10H2,1-2H3/b13-7+. The molecule has 0 bridgehead atoms. The highest BCUT2D eigenvalue weighted by Gasteiger charge is 2.44. The van der Waals surface area contributed by atoms with E-state index in [1.165, 1.54) is 0 Å². The van der Waals surface area contributed by atoms with Crippen molar-refractivity contribution >= 4 is 33.9 Å². The first-order valence-electron chi connectivity index (χ1n) is 7.32. The van der Waals surface area contributed by atoms with Crippen LogP contribution in [-0.2, 0) is 19.1 Å². The highest BCUT2D eigenvalue weighted by atomic mass is 79.9. The van der Waals surface area contributed by atoms with Gasteiger partial charge in [0.1, 0.15) is 6.61 Å². The van der Waals surface area contributed by atoms with Crippen molar-refractivity contribution in [2.75, 3.05) is 13.2 Å². The lowest BCUT2D eigenvalue weighted by molar-refractivity contribution is -0.168. The van der Waals surface area contributed by atoms with Gasteiger partial charge >= 0.3 is 11.9 Å². The van der Waals surface area contributed by atoms with E-state index in [9.17, 15) is 14.7 Å². The summed E-state index contributed by atoms with van der Waals surface area (Å²) in [5.41, 5.74) is 0.109. The third kappa shape index (κ3) is 4.42. The van der Waals surface area contributed by atoms with Crippen LogP contribution < -0.4 is 0 Å². The molecule has 1 N–H and O–H groups in total. The number of carbonyl (C=O) groups is 2. The zero-order chi connectivity index (χ0) is 17.0. The number of aliphatic hydroxyl groups excluding tert-OH is 1. The van der Waals surface area contributed by atoms with Gasteiger partial charge < -0.3 is 14.6 Å². The van der Waals surface area contributed by atoms with Crippen LogP contribution in [0.5, 0.6) is 0 Å². The molecule has 5 nitrogen and oxygen atoms in total. The summed E-state index contributed by atoms with van der Waals surface area (Å²) < 4.78 is 11.4. The van der Waals surface area contributed by atoms with Crippen LogP contribution in [0.15, 0.2) is 34.3 Å². The molecule has 1 heterocycles. The topological polar surface area (TPSA) is 72.8 Å². The molecule has 1 aromatic rings. The average Bonchev–Trinajstić information content (AvgIpc) is 2.84. The molecule has 0 radical (unpaired) electrons. The Morgan fingerprint density at radius 1 is 1.43 bits per heavy atom. The van der Waals surface area contributed by atoms with E-state index in [-0.39, 0.29) is 24.9 Å². The third-order valence-corrected chi connectivity index (χ3v) is 4.06. The summed E-state index contributed by atoms with van der Waals surface area (Å²) in [6, 6.07) is 7.47. The first-order chi connectivity index (χ1) is 10.8. The zero-order valence-electron chi connectivity index (χ0n) is 13.0. The molecule has 0 spiro atoms. The maximum Gasteiger partial charge on any atom is 0.334 e. The monoisotopic (exact) mass is 382 g/mol. The Bertz CT molecular complexity index is 620. The molecule has 1 aliphatic heterocycles. The predicted octanol–water partition coefficient (Wildman–Crippen LogP) is 2.71. The molecule has 1 aliphatic rings. The number of hydrogen-bond acceptors (Lipinski definition) is 5. The van der Waals surface area contributed by atoms with E-state index >= 15 is 0 Å². The molecular formula is C17H19BrO5. The first kappa shape index (κ1) is 17.7. The number of ether oxygens (including phenoxy) is 2. The third-order valence-electron chi connectivity index (χ3n) is 3.53. The van der Waals surface area contributed by atoms with Crippen LogP contribution in [-0.4, -0.2) is 35.9 Å². The SMILES string of the molecule is CC(C)C(=O)OCC1(CO)C/C(=C\c2ccc(Br)cc2)C(=O)O1. The molecule has 6 heteroatoms. The van der Waals surface area contributed by atoms with Gasteiger partial charge in [-0.1, -0.05) is 41.9 Å². The summed E-state index contributed by atoms with van der Waals surface area (Å²) >= 11 is 3.35. The Morgan fingerprint density at radius 2 is 2.09 bits per heavy atom. The van der Waals surface area contributed by atoms with Gasteiger partial charge in [0.2, 0.25) is 0 Å². The summed E-state index contributed by atoms with van der Waals surface area (Å²) in [6.45, 7) is 2.88. The van der Waals surface area contributed by atoms with Crippen LogP contribution in [0.2, 0.25) is 0 Å². The normalized spacial score (nSPS) is 22.5. The Morgan fingerprint density at radius 3 is 2.65 bits per heavy atom. The van der Waals surface area contributed by atoms with Crippen LogP contribution >= 0.6 is 15.9 Å². The molecule has 0 saturated carbocycles. The van der Waals surface area contributed by atoms with E-state index in [1.807, 2.05) is 24.3 Å². The van der Waals surface area contributed by atoms with E-state index in [2.05, 4.69) is 15.9 Å². The largest absolute Gasteiger partial charge is 0.461 e. The van der Waals surface area contributed by atoms with E-state index in [1.54, 1.807) is 19.9 Å². The number of carbonyl (C=O) groups excluding carboxylic acids is 2. The molecule has 23 heavy (non-hydrogen) atoms. The second kappa shape index (κ2) is 7.27. The molecule has 2 rings (SSSR count). The Hall–Kier alpha value is -1.66. The van der Waals surface area contributed by atoms with Gasteiger partial charge in [0.25, 0.3) is 0 Å². The van der Waals surface area contributed by atoms with E-state index in [0.29, 0.717) is 5.57 Å². The number of hydrogen-bond donors (Lipinski definition) is 1. The number of halogens is 1. The maximum atomic E-state index is 12.0. The van der Waals surface area contributed by atoms with Gasteiger partial charge in [-0.2, -0.15) is 0 Å². The number of esters is 2. The lowest BCUT2D eigenvalue weighted by Gasteiger charge is -2.24. The highest BCUT2D eigenvalue weighted by molar-refractivity contribution is 9.10. The molecular weight excluding hydrogens is 364 g/mol. The molecule has 1 saturated heterocycles. The fourth-order valence-corrected chi connectivity index (χ4v) is 2.44. The second-order valence-corrected chi connectivity index (χ2v) is 6.81. The minimum absolute atomic E-state index is 0.149. The van der Waals surface area contributed by atoms with Crippen LogP contribution in [0.25, 0.3) is 6.08 Å². The van der Waals surface area contributed by atoms with Crippen molar-refractivity contribution < 1.29 is 24.2 Å². The minimum Gasteiger partial charge on any atom is -0.461 e. The van der Waals surface area contributed by atoms with E-state index in [4.69, 9.17) is 9.47 Å². The maximum absolute atomic E-state index is 12.0. The Labute approximate surface area is 143 Å². The van der Waals surface area contributed by atoms with Crippen molar-refractivity contribution in [1.29, 1.82) is 0 Å². The van der Waals surface area contributed by atoms with Gasteiger partial charge in [-0.3, -0.25) is 4.79 Å². The summed E-state index contributed by atoms with van der Waals surface area (Å²) in [5, 5.41) is 9.60. The van der Waals surface area contributed by atoms with Gasteiger partial charge in [0, 0.05) is 16.5 Å². The van der Waals surface area contributed by atoms with Crippen LogP contribution in [0.4, 0.5) is 0 Å². The second-order valence-electron chi connectivity index (χ2n) is 5.89. The Kier molecular flexibility index (Phi) is 5.59. The quantitative estimate of drug-likeness (QED) is 0.625. The number of benzene rings is 1. The van der Waals surface area contributed by atoms with Gasteiger partial charge in [-0.05, 0) is 23.8 Å². The van der Waals surface area contributed by atoms with Crippen molar-refractivity contribution in [1.82, 2.24) is 0 Å². The molecule has 1 fully saturated rings. The van der Waals surface area contributed by atoms with Crippen molar-refractivity contribution in [3.8, 4) is 0 Å². The predicted molar refractivity (Wildman–Crippen MR) is 88.4 cm³/mol. The first-order valence-corrected chi connectivity index (χ1v) is 8.11. The molecule has 1 unspecified atom stereocenters. The van der Waals surface area contributed by atoms with Crippen molar-refractivity contribution in [2.45, 2.75) is 25.9 Å². The average molecular weight is 383 g/mol. The van der Waals surface area contributed by atoms with Gasteiger partial charge in [-0.25, -0.2) is 4.79 Å². The molecule has 0 aromatic heterocycles. The lowest BCUT2D eigenvalue weighted by Crippen LogP contribution is -2.39. The summed E-state index contributed by atoms with van der Waals surface area (Å²) in [6.07, 6.45) is 1.92. The van der Waals surface area contributed by atoms with Gasteiger partial charge in [0.05, 0.1) is 12.5 Å². The molecule has 124 valence electrons. The van der Waals surface area contributed by atoms with E-state index < -0.39 is 18.2 Å². The smallest absolute Gasteiger partial charge is 0.334 e. The van der Waals surface area contributed by atoms with Crippen molar-refractivity contribution in [3.05, 3.63) is 39.9 Å². The Balaban J connectivity index is 2.12. The summed E-state index contributed by atoms with van der Waals surface area (Å²) in [4.78, 5) is 23.6. The van der Waals surface area contributed by atoms with Crippen LogP contribution in [0.3, 0.4) is 0 Å². The van der Waals surface area contributed by atoms with Gasteiger partial charge in [-0.15, -0.1) is 0 Å². The summed E-state index contributed by atoms with van der Waals surface area (Å²) in [7, 11) is 0. The van der Waals surface area contributed by atoms with Gasteiger partial charge in [0.15, 0.2) is 5.60 Å². The number of aliphatic hydroxyl groups is 1. The molecule has 0 aliphatic carbocycles. The van der Waals surface area contributed by atoms with E-state index in [0.717, 1.165) is 10.0 Å². The fraction of sp³-hybridized carbons (Fsp3) is 0.412. The number of cyclic esters (lactones) is 1. The zero-order valence-corrected chi connectivity index (χ0v) is 14.6. The number of rotatable bonds is 5. The lowest BCUT2D eigenvalue weighted by atomic mass is 9.98. The highest BCUT2D eigenvalue weighted by Crippen LogP contribution is 2.32. The molecule has 1 atom stereocenters. The molecule has 1 aromatic carbocycles. The van der Waals surface area contributed by atoms with Crippen molar-refractivity contribution in [2.24, 2.45) is 5.92 Å². The van der Waals surface area contributed by atoms with Crippen LogP contribution in [0, 0.1) is 5.92 Å². The van der Waals surface area contributed by atoms with Crippen molar-refractivity contribution in [3.63, 3.8) is 0 Å². The molecule has 0 amide bonds. The fourth-order valence-electron chi connectivity index (χ4n) is 2.17. The van der Waals surface area contributed by atoms with Crippen LogP contribution in [0.1, 0.15) is 25.8 Å². The summed E-state index contributed by atoms with van der Waals surface area (Å²) in [5.74, 6) is -1.16.